The van der Waals surface area contributed by atoms with E-state index in [4.69, 9.17) is 4.42 Å². The minimum absolute atomic E-state index is 0.0393. The lowest BCUT2D eigenvalue weighted by atomic mass is 9.95. The molecule has 0 radical (unpaired) electrons. The molecule has 1 aliphatic rings. The summed E-state index contributed by atoms with van der Waals surface area (Å²) in [6.07, 6.45) is 2.84. The number of para-hydroxylation sites is 1. The molecule has 0 aliphatic carbocycles. The average Bonchev–Trinajstić information content (AvgIpc) is 3.12. The van der Waals surface area contributed by atoms with Gasteiger partial charge in [0.25, 0.3) is 5.91 Å². The Labute approximate surface area is 141 Å². The first-order chi connectivity index (χ1) is 11.6. The maximum absolute atomic E-state index is 12.5. The van der Waals surface area contributed by atoms with Gasteiger partial charge in [0.2, 0.25) is 5.91 Å². The van der Waals surface area contributed by atoms with Crippen LogP contribution in [0.25, 0.3) is 0 Å². The van der Waals surface area contributed by atoms with E-state index in [0.29, 0.717) is 31.7 Å². The lowest BCUT2D eigenvalue weighted by Gasteiger charge is -2.31. The predicted octanol–water partition coefficient (Wildman–Crippen LogP) is 3.39. The molecule has 0 spiro atoms. The highest BCUT2D eigenvalue weighted by atomic mass is 16.3. The maximum atomic E-state index is 12.5. The van der Waals surface area contributed by atoms with Gasteiger partial charge in [-0.25, -0.2) is 0 Å². The third kappa shape index (κ3) is 3.35. The number of carbonyl (C=O) groups excluding carboxylic acids is 2. The Balaban J connectivity index is 1.58. The molecule has 1 aromatic carbocycles. The molecule has 3 rings (SSSR count). The molecule has 1 aromatic heterocycles. The van der Waals surface area contributed by atoms with Crippen molar-refractivity contribution in [3.63, 3.8) is 0 Å². The van der Waals surface area contributed by atoms with Crippen LogP contribution in [0.1, 0.15) is 34.5 Å². The van der Waals surface area contributed by atoms with Crippen molar-refractivity contribution in [2.75, 3.05) is 18.4 Å². The van der Waals surface area contributed by atoms with Crippen LogP contribution in [0.15, 0.2) is 41.0 Å². The van der Waals surface area contributed by atoms with Crippen molar-refractivity contribution in [2.24, 2.45) is 5.92 Å². The first-order valence-corrected chi connectivity index (χ1v) is 8.26. The Morgan fingerprint density at radius 1 is 1.08 bits per heavy atom. The van der Waals surface area contributed by atoms with Crippen molar-refractivity contribution in [1.82, 2.24) is 4.90 Å². The average molecular weight is 326 g/mol. The number of rotatable bonds is 3. The van der Waals surface area contributed by atoms with Gasteiger partial charge in [-0.3, -0.25) is 9.59 Å². The van der Waals surface area contributed by atoms with Crippen LogP contribution in [0.5, 0.6) is 0 Å². The number of likely N-dealkylation sites (tertiary alicyclic amines) is 1. The molecule has 1 aliphatic heterocycles. The third-order valence-electron chi connectivity index (χ3n) is 4.61. The molecule has 24 heavy (non-hydrogen) atoms. The molecule has 2 aromatic rings. The van der Waals surface area contributed by atoms with E-state index in [1.807, 2.05) is 32.0 Å². The van der Waals surface area contributed by atoms with Gasteiger partial charge in [-0.1, -0.05) is 18.2 Å². The highest BCUT2D eigenvalue weighted by molar-refractivity contribution is 5.95. The Morgan fingerprint density at radius 2 is 1.75 bits per heavy atom. The molecule has 1 fully saturated rings. The van der Waals surface area contributed by atoms with Crippen LogP contribution in [0.3, 0.4) is 0 Å². The summed E-state index contributed by atoms with van der Waals surface area (Å²) >= 11 is 0. The Kier molecular flexibility index (Phi) is 4.69. The zero-order valence-electron chi connectivity index (χ0n) is 14.0. The summed E-state index contributed by atoms with van der Waals surface area (Å²) in [7, 11) is 0. The number of hydrogen-bond donors (Lipinski definition) is 1. The number of aryl methyl sites for hydroxylation is 2. The second-order valence-corrected chi connectivity index (χ2v) is 6.30. The molecule has 5 nitrogen and oxygen atoms in total. The quantitative estimate of drug-likeness (QED) is 0.940. The van der Waals surface area contributed by atoms with E-state index in [1.165, 1.54) is 6.26 Å². The number of nitrogens with zero attached hydrogens (tertiary/aromatic N) is 1. The lowest BCUT2D eigenvalue weighted by molar-refractivity contribution is -0.121. The van der Waals surface area contributed by atoms with E-state index in [-0.39, 0.29) is 17.7 Å². The Morgan fingerprint density at radius 3 is 2.33 bits per heavy atom. The van der Waals surface area contributed by atoms with Crippen molar-refractivity contribution in [1.29, 1.82) is 0 Å². The smallest absolute Gasteiger partial charge is 0.289 e. The molecule has 1 N–H and O–H groups in total. The second kappa shape index (κ2) is 6.91. The number of carbonyl (C=O) groups is 2. The monoisotopic (exact) mass is 326 g/mol. The van der Waals surface area contributed by atoms with E-state index < -0.39 is 0 Å². The van der Waals surface area contributed by atoms with Crippen molar-refractivity contribution < 1.29 is 14.0 Å². The zero-order chi connectivity index (χ0) is 17.1. The van der Waals surface area contributed by atoms with Gasteiger partial charge in [-0.15, -0.1) is 0 Å². The first-order valence-electron chi connectivity index (χ1n) is 8.26. The summed E-state index contributed by atoms with van der Waals surface area (Å²) in [6.45, 7) is 5.13. The van der Waals surface area contributed by atoms with Gasteiger partial charge in [-0.05, 0) is 49.9 Å². The number of hydrogen-bond acceptors (Lipinski definition) is 3. The molecule has 0 unspecified atom stereocenters. The summed E-state index contributed by atoms with van der Waals surface area (Å²) in [6, 6.07) is 9.35. The maximum Gasteiger partial charge on any atom is 0.289 e. The number of benzene rings is 1. The van der Waals surface area contributed by atoms with Gasteiger partial charge >= 0.3 is 0 Å². The lowest BCUT2D eigenvalue weighted by Crippen LogP contribution is -2.41. The third-order valence-corrected chi connectivity index (χ3v) is 4.61. The fraction of sp³-hybridized carbons (Fsp3) is 0.368. The normalized spacial score (nSPS) is 15.3. The highest BCUT2D eigenvalue weighted by Gasteiger charge is 2.29. The van der Waals surface area contributed by atoms with Gasteiger partial charge in [0, 0.05) is 24.7 Å². The Hall–Kier alpha value is -2.56. The van der Waals surface area contributed by atoms with Crippen molar-refractivity contribution in [3.8, 4) is 0 Å². The first kappa shape index (κ1) is 16.3. The van der Waals surface area contributed by atoms with Crippen LogP contribution in [0.2, 0.25) is 0 Å². The van der Waals surface area contributed by atoms with Crippen LogP contribution >= 0.6 is 0 Å². The van der Waals surface area contributed by atoms with Crippen molar-refractivity contribution in [2.45, 2.75) is 26.7 Å². The molecule has 5 heteroatoms. The highest BCUT2D eigenvalue weighted by Crippen LogP contribution is 2.24. The molecule has 0 saturated carbocycles. The SMILES string of the molecule is Cc1cccc(C)c1NC(=O)C1CCN(C(=O)c2ccco2)CC1. The summed E-state index contributed by atoms with van der Waals surface area (Å²) in [5.74, 6) is 0.226. The molecule has 126 valence electrons. The van der Waals surface area contributed by atoms with Crippen LogP contribution < -0.4 is 5.32 Å². The molecule has 0 atom stereocenters. The summed E-state index contributed by atoms with van der Waals surface area (Å²) in [5, 5.41) is 3.06. The van der Waals surface area contributed by atoms with Gasteiger partial charge in [-0.2, -0.15) is 0 Å². The van der Waals surface area contributed by atoms with E-state index in [9.17, 15) is 9.59 Å². The van der Waals surface area contributed by atoms with Crippen molar-refractivity contribution >= 4 is 17.5 Å². The Bertz CT molecular complexity index is 709. The molecule has 0 bridgehead atoms. The van der Waals surface area contributed by atoms with Gasteiger partial charge in [0.05, 0.1) is 6.26 Å². The number of furan rings is 1. The fourth-order valence-electron chi connectivity index (χ4n) is 3.14. The van der Waals surface area contributed by atoms with Gasteiger partial charge < -0.3 is 14.6 Å². The van der Waals surface area contributed by atoms with E-state index in [2.05, 4.69) is 5.32 Å². The topological polar surface area (TPSA) is 62.6 Å². The molecular weight excluding hydrogens is 304 g/mol. The summed E-state index contributed by atoms with van der Waals surface area (Å²) < 4.78 is 5.16. The van der Waals surface area contributed by atoms with Crippen molar-refractivity contribution in [3.05, 3.63) is 53.5 Å². The van der Waals surface area contributed by atoms with E-state index in [0.717, 1.165) is 16.8 Å². The second-order valence-electron chi connectivity index (χ2n) is 6.30. The van der Waals surface area contributed by atoms with Crippen LogP contribution in [-0.4, -0.2) is 29.8 Å². The summed E-state index contributed by atoms with van der Waals surface area (Å²) in [4.78, 5) is 26.5. The molecule has 1 saturated heterocycles. The number of anilines is 1. The zero-order valence-corrected chi connectivity index (χ0v) is 14.0. The van der Waals surface area contributed by atoms with Crippen LogP contribution in [0.4, 0.5) is 5.69 Å². The standard InChI is InChI=1S/C19H22N2O3/c1-13-5-3-6-14(2)17(13)20-18(22)15-8-10-21(11-9-15)19(23)16-7-4-12-24-16/h3-7,12,15H,8-11H2,1-2H3,(H,20,22). The number of piperidine rings is 1. The minimum Gasteiger partial charge on any atom is -0.459 e. The van der Waals surface area contributed by atoms with Gasteiger partial charge in [0.15, 0.2) is 5.76 Å². The van der Waals surface area contributed by atoms with E-state index >= 15 is 0 Å². The fourth-order valence-corrected chi connectivity index (χ4v) is 3.14. The number of amides is 2. The molecule has 2 heterocycles. The number of nitrogens with one attached hydrogen (secondary N) is 1. The largest absolute Gasteiger partial charge is 0.459 e. The van der Waals surface area contributed by atoms with Gasteiger partial charge in [0.1, 0.15) is 0 Å². The van der Waals surface area contributed by atoms with Crippen LogP contribution in [0, 0.1) is 19.8 Å². The predicted molar refractivity (Wildman–Crippen MR) is 91.9 cm³/mol. The molecule has 2 amide bonds. The molecular formula is C19H22N2O3. The van der Waals surface area contributed by atoms with Crippen LogP contribution in [-0.2, 0) is 4.79 Å². The van der Waals surface area contributed by atoms with E-state index in [1.54, 1.807) is 17.0 Å². The minimum atomic E-state index is -0.103. The summed E-state index contributed by atoms with van der Waals surface area (Å²) in [5.41, 5.74) is 3.03.